The highest BCUT2D eigenvalue weighted by atomic mass is 14.7. The van der Waals surface area contributed by atoms with E-state index in [1.54, 1.807) is 0 Å². The molecule has 0 fully saturated rings. The lowest BCUT2D eigenvalue weighted by atomic mass is 10.1. The SMILES string of the molecule is C1#CCCCC1.CNC. The first-order valence-corrected chi connectivity index (χ1v) is 3.46. The summed E-state index contributed by atoms with van der Waals surface area (Å²) in [4.78, 5) is 0. The highest BCUT2D eigenvalue weighted by Crippen LogP contribution is 2.01. The molecule has 0 radical (unpaired) electrons. The van der Waals surface area contributed by atoms with Crippen LogP contribution in [0, 0.1) is 11.8 Å². The molecule has 1 N–H and O–H groups in total. The Kier molecular flexibility index (Phi) is 7.12. The molecule has 0 atom stereocenters. The van der Waals surface area contributed by atoms with Gasteiger partial charge in [0.2, 0.25) is 0 Å². The van der Waals surface area contributed by atoms with E-state index in [1.165, 1.54) is 12.8 Å². The average molecular weight is 125 g/mol. The maximum Gasteiger partial charge on any atom is 0.00890 e. The molecular weight excluding hydrogens is 110 g/mol. The lowest BCUT2D eigenvalue weighted by Gasteiger charge is -1.92. The standard InChI is InChI=1S/C6H8.C2H7N/c1-2-4-6-5-3-1;1-3-2/h1-4H2;3H,1-2H3. The molecule has 0 saturated heterocycles. The summed E-state index contributed by atoms with van der Waals surface area (Å²) in [7, 11) is 3.75. The van der Waals surface area contributed by atoms with Gasteiger partial charge in [0.15, 0.2) is 0 Å². The molecule has 0 aromatic rings. The van der Waals surface area contributed by atoms with Gasteiger partial charge in [-0.15, -0.1) is 11.8 Å². The summed E-state index contributed by atoms with van der Waals surface area (Å²) >= 11 is 0. The van der Waals surface area contributed by atoms with Gasteiger partial charge in [0.25, 0.3) is 0 Å². The van der Waals surface area contributed by atoms with Gasteiger partial charge in [0.05, 0.1) is 0 Å². The van der Waals surface area contributed by atoms with E-state index >= 15 is 0 Å². The highest BCUT2D eigenvalue weighted by molar-refractivity contribution is 5.01. The second kappa shape index (κ2) is 7.52. The first-order valence-electron chi connectivity index (χ1n) is 3.46. The average Bonchev–Trinajstić information content (AvgIpc) is 1.93. The molecule has 0 saturated carbocycles. The van der Waals surface area contributed by atoms with Crippen LogP contribution in [0.1, 0.15) is 25.7 Å². The predicted molar refractivity (Wildman–Crippen MR) is 41.2 cm³/mol. The van der Waals surface area contributed by atoms with Gasteiger partial charge in [0.1, 0.15) is 0 Å². The molecule has 0 aromatic carbocycles. The zero-order valence-corrected chi connectivity index (χ0v) is 6.33. The van der Waals surface area contributed by atoms with Gasteiger partial charge in [0, 0.05) is 12.8 Å². The molecule has 0 aliphatic heterocycles. The molecule has 1 aliphatic carbocycles. The maximum absolute atomic E-state index is 3.03. The molecule has 0 unspecified atom stereocenters. The van der Waals surface area contributed by atoms with Crippen LogP contribution < -0.4 is 5.32 Å². The van der Waals surface area contributed by atoms with Crippen molar-refractivity contribution in [3.8, 4) is 11.8 Å². The van der Waals surface area contributed by atoms with Crippen LogP contribution in [0.25, 0.3) is 0 Å². The Labute approximate surface area is 57.8 Å². The number of rotatable bonds is 0. The minimum absolute atomic E-state index is 1.14. The Balaban J connectivity index is 0.000000187. The van der Waals surface area contributed by atoms with E-state index in [1.807, 2.05) is 14.1 Å². The third-order valence-electron chi connectivity index (χ3n) is 0.979. The van der Waals surface area contributed by atoms with Crippen molar-refractivity contribution in [3.63, 3.8) is 0 Å². The van der Waals surface area contributed by atoms with E-state index in [9.17, 15) is 0 Å². The summed E-state index contributed by atoms with van der Waals surface area (Å²) in [6, 6.07) is 0. The molecule has 1 rings (SSSR count). The normalized spacial score (nSPS) is 14.4. The van der Waals surface area contributed by atoms with Gasteiger partial charge in [-0.05, 0) is 26.9 Å². The Morgan fingerprint density at radius 2 is 1.33 bits per heavy atom. The topological polar surface area (TPSA) is 12.0 Å². The minimum atomic E-state index is 1.14. The van der Waals surface area contributed by atoms with E-state index in [0.717, 1.165) is 12.8 Å². The van der Waals surface area contributed by atoms with Gasteiger partial charge in [-0.1, -0.05) is 0 Å². The lowest BCUT2D eigenvalue weighted by molar-refractivity contribution is 0.763. The molecule has 1 aliphatic rings. The first kappa shape index (κ1) is 8.52. The highest BCUT2D eigenvalue weighted by Gasteiger charge is 1.86. The molecule has 1 heteroatoms. The third kappa shape index (κ3) is 7.52. The van der Waals surface area contributed by atoms with E-state index < -0.39 is 0 Å². The van der Waals surface area contributed by atoms with Gasteiger partial charge in [-0.3, -0.25) is 0 Å². The third-order valence-corrected chi connectivity index (χ3v) is 0.979. The summed E-state index contributed by atoms with van der Waals surface area (Å²) in [5, 5.41) is 2.75. The molecule has 9 heavy (non-hydrogen) atoms. The molecule has 52 valence electrons. The Morgan fingerprint density at radius 3 is 1.44 bits per heavy atom. The molecule has 1 nitrogen and oxygen atoms in total. The van der Waals surface area contributed by atoms with E-state index in [2.05, 4.69) is 17.2 Å². The van der Waals surface area contributed by atoms with Crippen LogP contribution in [0.2, 0.25) is 0 Å². The van der Waals surface area contributed by atoms with Crippen molar-refractivity contribution >= 4 is 0 Å². The first-order chi connectivity index (χ1) is 4.41. The number of hydrogen-bond donors (Lipinski definition) is 1. The molecule has 0 heterocycles. The van der Waals surface area contributed by atoms with E-state index in [4.69, 9.17) is 0 Å². The maximum atomic E-state index is 3.03. The smallest absolute Gasteiger partial charge is 0.00890 e. The quantitative estimate of drug-likeness (QED) is 0.482. The van der Waals surface area contributed by atoms with Crippen molar-refractivity contribution in [2.45, 2.75) is 25.7 Å². The van der Waals surface area contributed by atoms with Crippen LogP contribution in [0.15, 0.2) is 0 Å². The van der Waals surface area contributed by atoms with Crippen molar-refractivity contribution in [2.24, 2.45) is 0 Å². The van der Waals surface area contributed by atoms with Gasteiger partial charge in [-0.2, -0.15) is 0 Å². The van der Waals surface area contributed by atoms with Crippen molar-refractivity contribution in [1.29, 1.82) is 0 Å². The summed E-state index contributed by atoms with van der Waals surface area (Å²) in [6.07, 6.45) is 4.93. The van der Waals surface area contributed by atoms with Crippen molar-refractivity contribution in [1.82, 2.24) is 5.32 Å². The van der Waals surface area contributed by atoms with Crippen LogP contribution in [-0.2, 0) is 0 Å². The van der Waals surface area contributed by atoms with E-state index in [0.29, 0.717) is 0 Å². The molecule has 0 amide bonds. The van der Waals surface area contributed by atoms with E-state index in [-0.39, 0.29) is 0 Å². The molecular formula is C8H15N. The molecule has 0 spiro atoms. The van der Waals surface area contributed by atoms with Crippen LogP contribution >= 0.6 is 0 Å². The lowest BCUT2D eigenvalue weighted by Crippen LogP contribution is -1.89. The second-order valence-electron chi connectivity index (χ2n) is 2.06. The van der Waals surface area contributed by atoms with Gasteiger partial charge >= 0.3 is 0 Å². The van der Waals surface area contributed by atoms with Crippen LogP contribution in [0.3, 0.4) is 0 Å². The van der Waals surface area contributed by atoms with Crippen molar-refractivity contribution < 1.29 is 0 Å². The summed E-state index contributed by atoms with van der Waals surface area (Å²) in [6.45, 7) is 0. The number of nitrogens with one attached hydrogen (secondary N) is 1. The van der Waals surface area contributed by atoms with Crippen molar-refractivity contribution in [3.05, 3.63) is 0 Å². The molecule has 0 aromatic heterocycles. The predicted octanol–water partition coefficient (Wildman–Crippen LogP) is 1.40. The summed E-state index contributed by atoms with van der Waals surface area (Å²) in [5.41, 5.74) is 0. The van der Waals surface area contributed by atoms with Crippen LogP contribution in [0.4, 0.5) is 0 Å². The fourth-order valence-corrected chi connectivity index (χ4v) is 0.604. The Bertz CT molecular complexity index is 86.9. The van der Waals surface area contributed by atoms with Gasteiger partial charge < -0.3 is 5.32 Å². The fourth-order valence-electron chi connectivity index (χ4n) is 0.604. The van der Waals surface area contributed by atoms with Crippen molar-refractivity contribution in [2.75, 3.05) is 14.1 Å². The molecule has 0 bridgehead atoms. The van der Waals surface area contributed by atoms with Crippen LogP contribution in [-0.4, -0.2) is 14.1 Å². The largest absolute Gasteiger partial charge is 0.323 e. The Morgan fingerprint density at radius 1 is 1.00 bits per heavy atom. The summed E-state index contributed by atoms with van der Waals surface area (Å²) < 4.78 is 0. The zero-order valence-electron chi connectivity index (χ0n) is 6.33. The monoisotopic (exact) mass is 125 g/mol. The zero-order chi connectivity index (χ0) is 6.95. The fraction of sp³-hybridized carbons (Fsp3) is 0.750. The second-order valence-corrected chi connectivity index (χ2v) is 2.06. The number of hydrogen-bond acceptors (Lipinski definition) is 1. The summed E-state index contributed by atoms with van der Waals surface area (Å²) in [5.74, 6) is 6.07. The van der Waals surface area contributed by atoms with Gasteiger partial charge in [-0.25, -0.2) is 0 Å². The Hall–Kier alpha value is -0.480. The minimum Gasteiger partial charge on any atom is -0.323 e. The van der Waals surface area contributed by atoms with Crippen LogP contribution in [0.5, 0.6) is 0 Å².